The van der Waals surface area contributed by atoms with E-state index in [-0.39, 0.29) is 17.4 Å². The minimum absolute atomic E-state index is 0.0210. The second-order valence-corrected chi connectivity index (χ2v) is 11.1. The number of amides is 1. The molecule has 0 saturated heterocycles. The predicted molar refractivity (Wildman–Crippen MR) is 155 cm³/mol. The maximum atomic E-state index is 13.9. The Morgan fingerprint density at radius 2 is 1.77 bits per heavy atom. The number of anilines is 1. The van der Waals surface area contributed by atoms with E-state index in [4.69, 9.17) is 10.5 Å². The average molecular weight is 556 g/mol. The second-order valence-electron chi connectivity index (χ2n) is 11.1. The summed E-state index contributed by atoms with van der Waals surface area (Å²) in [6.07, 6.45) is 6.29. The largest absolute Gasteiger partial charge is 0.503 e. The zero-order valence-corrected chi connectivity index (χ0v) is 23.4. The highest BCUT2D eigenvalue weighted by atomic mass is 19.4. The van der Waals surface area contributed by atoms with Crippen LogP contribution in [0, 0.1) is 18.8 Å². The van der Waals surface area contributed by atoms with E-state index in [2.05, 4.69) is 24.0 Å². The van der Waals surface area contributed by atoms with Crippen LogP contribution in [0.5, 0.6) is 5.75 Å². The van der Waals surface area contributed by atoms with Crippen LogP contribution in [0.15, 0.2) is 53.7 Å². The number of aryl methyl sites for hydroxylation is 1. The van der Waals surface area contributed by atoms with Gasteiger partial charge in [-0.3, -0.25) is 4.79 Å². The number of carbonyl (C=O) groups is 1. The lowest BCUT2D eigenvalue weighted by Gasteiger charge is -2.35. The number of carbonyl (C=O) groups excluding carboxylic acids is 1. The van der Waals surface area contributed by atoms with E-state index in [9.17, 15) is 18.0 Å². The second kappa shape index (κ2) is 13.4. The van der Waals surface area contributed by atoms with Gasteiger partial charge in [0.05, 0.1) is 7.11 Å². The lowest BCUT2D eigenvalue weighted by atomic mass is 9.78. The molecule has 0 heterocycles. The monoisotopic (exact) mass is 555 g/mol. The summed E-state index contributed by atoms with van der Waals surface area (Å²) in [5.41, 5.74) is 9.48. The van der Waals surface area contributed by atoms with Gasteiger partial charge >= 0.3 is 6.30 Å². The number of methoxy groups -OCH3 is 1. The standard InChI is InChI=1S/C32H40F3N3O2/c1-22-17-27(15-16-30(22)40-2)24-13-11-23(12-14-24)21-38(31(39)25-7-4-3-5-8-25)29-10-6-9-26(18-29)28(19-36)20-37-32(33,34)35/h6,9-10,15-20,23-25H,3-5,7-8,11-14,21,36H2,1-2H3. The number of halogens is 3. The summed E-state index contributed by atoms with van der Waals surface area (Å²) < 4.78 is 43.6. The van der Waals surface area contributed by atoms with E-state index in [1.807, 2.05) is 17.0 Å². The molecule has 0 aliphatic heterocycles. The van der Waals surface area contributed by atoms with Crippen molar-refractivity contribution in [2.24, 2.45) is 22.6 Å². The van der Waals surface area contributed by atoms with Crippen molar-refractivity contribution in [2.45, 2.75) is 76.9 Å². The molecule has 0 bridgehead atoms. The molecule has 2 saturated carbocycles. The summed E-state index contributed by atoms with van der Waals surface area (Å²) in [7, 11) is 1.69. The normalized spacial score (nSPS) is 21.0. The first-order valence-corrected chi connectivity index (χ1v) is 14.3. The molecule has 2 aromatic rings. The smallest absolute Gasteiger partial charge is 0.496 e. The summed E-state index contributed by atoms with van der Waals surface area (Å²) in [6.45, 7) is 2.67. The lowest BCUT2D eigenvalue weighted by molar-refractivity contribution is -0.123. The van der Waals surface area contributed by atoms with E-state index < -0.39 is 6.30 Å². The van der Waals surface area contributed by atoms with Crippen LogP contribution in [-0.2, 0) is 4.79 Å². The number of hydrogen-bond donors (Lipinski definition) is 1. The molecule has 2 N–H and O–H groups in total. The minimum Gasteiger partial charge on any atom is -0.496 e. The number of nitrogens with zero attached hydrogens (tertiary/aromatic N) is 2. The van der Waals surface area contributed by atoms with Crippen LogP contribution in [0.4, 0.5) is 18.9 Å². The van der Waals surface area contributed by atoms with Crippen LogP contribution < -0.4 is 15.4 Å². The van der Waals surface area contributed by atoms with Crippen LogP contribution in [0.3, 0.4) is 0 Å². The maximum Gasteiger partial charge on any atom is 0.503 e. The molecule has 0 aromatic heterocycles. The van der Waals surface area contributed by atoms with E-state index in [1.165, 1.54) is 5.56 Å². The lowest BCUT2D eigenvalue weighted by Crippen LogP contribution is -2.41. The Morgan fingerprint density at radius 3 is 2.40 bits per heavy atom. The highest BCUT2D eigenvalue weighted by Crippen LogP contribution is 2.39. The molecule has 40 heavy (non-hydrogen) atoms. The summed E-state index contributed by atoms with van der Waals surface area (Å²) >= 11 is 0. The number of allylic oxidation sites excluding steroid dienone is 1. The van der Waals surface area contributed by atoms with Gasteiger partial charge in [0.1, 0.15) is 5.75 Å². The van der Waals surface area contributed by atoms with Gasteiger partial charge in [0, 0.05) is 36.1 Å². The molecular formula is C32H40F3N3O2. The van der Waals surface area contributed by atoms with Crippen LogP contribution >= 0.6 is 0 Å². The Hall–Kier alpha value is -3.29. The van der Waals surface area contributed by atoms with Crippen molar-refractivity contribution in [1.29, 1.82) is 0 Å². The number of alkyl halides is 3. The highest BCUT2D eigenvalue weighted by Gasteiger charge is 2.31. The summed E-state index contributed by atoms with van der Waals surface area (Å²) in [4.78, 5) is 18.4. The van der Waals surface area contributed by atoms with Gasteiger partial charge < -0.3 is 15.4 Å². The molecule has 4 rings (SSSR count). The first-order valence-electron chi connectivity index (χ1n) is 14.3. The molecule has 8 heteroatoms. The van der Waals surface area contributed by atoms with Gasteiger partial charge in [-0.2, -0.15) is 4.99 Å². The Morgan fingerprint density at radius 1 is 1.05 bits per heavy atom. The number of rotatable bonds is 8. The third-order valence-corrected chi connectivity index (χ3v) is 8.42. The van der Waals surface area contributed by atoms with E-state index in [0.29, 0.717) is 29.6 Å². The Balaban J connectivity index is 1.52. The molecule has 2 aliphatic carbocycles. The fourth-order valence-electron chi connectivity index (χ4n) is 6.19. The number of ether oxygens (including phenoxy) is 1. The van der Waals surface area contributed by atoms with Crippen molar-refractivity contribution in [1.82, 2.24) is 0 Å². The number of nitrogens with two attached hydrogens (primary N) is 1. The predicted octanol–water partition coefficient (Wildman–Crippen LogP) is 7.78. The molecule has 0 atom stereocenters. The molecule has 1 amide bonds. The Bertz CT molecular complexity index is 1210. The minimum atomic E-state index is -4.68. The van der Waals surface area contributed by atoms with Crippen LogP contribution in [0.25, 0.3) is 5.57 Å². The van der Waals surface area contributed by atoms with Crippen molar-refractivity contribution in [3.63, 3.8) is 0 Å². The molecule has 0 unspecified atom stereocenters. The molecule has 0 spiro atoms. The molecule has 2 fully saturated rings. The van der Waals surface area contributed by atoms with Gasteiger partial charge in [-0.25, -0.2) is 0 Å². The molecular weight excluding hydrogens is 515 g/mol. The first-order chi connectivity index (χ1) is 19.2. The summed E-state index contributed by atoms with van der Waals surface area (Å²) in [5, 5.41) is 0. The van der Waals surface area contributed by atoms with E-state index in [0.717, 1.165) is 81.5 Å². The van der Waals surface area contributed by atoms with E-state index in [1.54, 1.807) is 25.3 Å². The molecule has 2 aliphatic rings. The topological polar surface area (TPSA) is 67.9 Å². The highest BCUT2D eigenvalue weighted by molar-refractivity contribution is 6.10. The van der Waals surface area contributed by atoms with Crippen molar-refractivity contribution in [3.05, 3.63) is 65.4 Å². The van der Waals surface area contributed by atoms with Crippen molar-refractivity contribution in [3.8, 4) is 5.75 Å². The summed E-state index contributed by atoms with van der Waals surface area (Å²) in [5.74, 6) is 1.83. The van der Waals surface area contributed by atoms with Crippen LogP contribution in [0.2, 0.25) is 0 Å². The fraction of sp³-hybridized carbons (Fsp3) is 0.500. The molecule has 0 radical (unpaired) electrons. The number of aliphatic imine (C=N–C) groups is 1. The van der Waals surface area contributed by atoms with Gasteiger partial charge in [-0.1, -0.05) is 43.5 Å². The quantitative estimate of drug-likeness (QED) is 0.267. The fourth-order valence-corrected chi connectivity index (χ4v) is 6.19. The van der Waals surface area contributed by atoms with Gasteiger partial charge in [-0.15, -0.1) is 13.2 Å². The van der Waals surface area contributed by atoms with Crippen molar-refractivity contribution < 1.29 is 22.7 Å². The van der Waals surface area contributed by atoms with Crippen molar-refractivity contribution in [2.75, 3.05) is 18.6 Å². The summed E-state index contributed by atoms with van der Waals surface area (Å²) in [6, 6.07) is 13.5. The molecule has 5 nitrogen and oxygen atoms in total. The van der Waals surface area contributed by atoms with Crippen molar-refractivity contribution >= 4 is 23.4 Å². The van der Waals surface area contributed by atoms with Crippen LogP contribution in [0.1, 0.15) is 80.4 Å². The zero-order valence-electron chi connectivity index (χ0n) is 23.4. The Labute approximate surface area is 235 Å². The SMILES string of the molecule is COc1ccc(C2CCC(CN(C(=O)C3CCCCC3)c3cccc(C(C=NC(F)(F)F)=CN)c3)CC2)cc1C. The number of benzene rings is 2. The van der Waals surface area contributed by atoms with Gasteiger partial charge in [0.2, 0.25) is 5.91 Å². The maximum absolute atomic E-state index is 13.9. The molecule has 216 valence electrons. The average Bonchev–Trinajstić information content (AvgIpc) is 2.96. The van der Waals surface area contributed by atoms with E-state index >= 15 is 0 Å². The third-order valence-electron chi connectivity index (χ3n) is 8.42. The first kappa shape index (κ1) is 29.7. The zero-order chi connectivity index (χ0) is 28.7. The third kappa shape index (κ3) is 7.67. The Kier molecular flexibility index (Phi) is 9.93. The number of hydrogen-bond acceptors (Lipinski definition) is 4. The van der Waals surface area contributed by atoms with Gasteiger partial charge in [0.15, 0.2) is 0 Å². The molecule has 2 aromatic carbocycles. The van der Waals surface area contributed by atoms with Gasteiger partial charge in [-0.05, 0) is 92.2 Å². The van der Waals surface area contributed by atoms with Crippen LogP contribution in [-0.4, -0.2) is 32.1 Å². The van der Waals surface area contributed by atoms with Gasteiger partial charge in [0.25, 0.3) is 0 Å².